The van der Waals surface area contributed by atoms with Crippen molar-refractivity contribution in [1.29, 1.82) is 0 Å². The number of methoxy groups -OCH3 is 1. The van der Waals surface area contributed by atoms with Crippen LogP contribution in [0.5, 0.6) is 5.75 Å². The lowest BCUT2D eigenvalue weighted by Gasteiger charge is -2.10. The van der Waals surface area contributed by atoms with Gasteiger partial charge in [0.15, 0.2) is 5.96 Å². The van der Waals surface area contributed by atoms with Crippen LogP contribution >= 0.6 is 0 Å². The lowest BCUT2D eigenvalue weighted by molar-refractivity contribution is -0.119. The lowest BCUT2D eigenvalue weighted by Crippen LogP contribution is -2.30. The summed E-state index contributed by atoms with van der Waals surface area (Å²) in [5.74, 6) is 1.41. The van der Waals surface area contributed by atoms with Crippen molar-refractivity contribution >= 4 is 17.6 Å². The molecule has 20 heavy (non-hydrogen) atoms. The zero-order chi connectivity index (χ0) is 14.4. The first-order chi connectivity index (χ1) is 9.69. The van der Waals surface area contributed by atoms with Gasteiger partial charge in [0.1, 0.15) is 12.3 Å². The molecule has 0 heterocycles. The number of hydrogen-bond donors (Lipinski definition) is 3. The van der Waals surface area contributed by atoms with Crippen molar-refractivity contribution in [3.05, 3.63) is 24.3 Å². The zero-order valence-electron chi connectivity index (χ0n) is 11.6. The van der Waals surface area contributed by atoms with Gasteiger partial charge in [0.05, 0.1) is 12.8 Å². The number of anilines is 1. The van der Waals surface area contributed by atoms with Crippen LogP contribution in [0.3, 0.4) is 0 Å². The van der Waals surface area contributed by atoms with E-state index in [2.05, 4.69) is 15.6 Å². The minimum Gasteiger partial charge on any atom is -0.495 e. The monoisotopic (exact) mass is 276 g/mol. The van der Waals surface area contributed by atoms with Crippen LogP contribution in [0.4, 0.5) is 5.69 Å². The van der Waals surface area contributed by atoms with Crippen LogP contribution in [0, 0.1) is 5.92 Å². The molecule has 108 valence electrons. The van der Waals surface area contributed by atoms with Gasteiger partial charge in [-0.25, -0.2) is 4.99 Å². The molecule has 0 atom stereocenters. The number of carbonyl (C=O) groups is 1. The largest absolute Gasteiger partial charge is 0.495 e. The van der Waals surface area contributed by atoms with E-state index in [4.69, 9.17) is 10.5 Å². The summed E-state index contributed by atoms with van der Waals surface area (Å²) in [5.41, 5.74) is 6.47. The number of benzene rings is 1. The standard InChI is InChI=1S/C14H20N4O2/c1-20-12-5-3-2-4-11(12)18-14(15)17-9-13(19)16-8-10-6-7-10/h2-5,10H,6-9H2,1H3,(H,16,19)(H3,15,17,18). The molecule has 6 heteroatoms. The van der Waals surface area contributed by atoms with Crippen molar-refractivity contribution in [3.63, 3.8) is 0 Å². The van der Waals surface area contributed by atoms with Gasteiger partial charge in [0, 0.05) is 6.54 Å². The Morgan fingerprint density at radius 1 is 1.45 bits per heavy atom. The number of hydrogen-bond acceptors (Lipinski definition) is 3. The van der Waals surface area contributed by atoms with E-state index in [0.717, 1.165) is 12.2 Å². The highest BCUT2D eigenvalue weighted by molar-refractivity contribution is 5.95. The molecule has 0 aromatic heterocycles. The second-order valence-corrected chi connectivity index (χ2v) is 4.77. The molecular formula is C14H20N4O2. The lowest BCUT2D eigenvalue weighted by atomic mass is 10.3. The van der Waals surface area contributed by atoms with Gasteiger partial charge in [-0.3, -0.25) is 4.79 Å². The SMILES string of the molecule is COc1ccccc1NC(N)=NCC(=O)NCC1CC1. The predicted octanol–water partition coefficient (Wildman–Crippen LogP) is 0.948. The molecule has 1 saturated carbocycles. The topological polar surface area (TPSA) is 88.7 Å². The number of para-hydroxylation sites is 2. The maximum Gasteiger partial charge on any atom is 0.241 e. The molecule has 6 nitrogen and oxygen atoms in total. The first-order valence-electron chi connectivity index (χ1n) is 6.65. The molecule has 2 rings (SSSR count). The highest BCUT2D eigenvalue weighted by atomic mass is 16.5. The van der Waals surface area contributed by atoms with Gasteiger partial charge in [-0.2, -0.15) is 0 Å². The number of rotatable bonds is 6. The van der Waals surface area contributed by atoms with E-state index in [1.54, 1.807) is 7.11 Å². The first kappa shape index (κ1) is 14.2. The van der Waals surface area contributed by atoms with Crippen LogP contribution in [-0.2, 0) is 4.79 Å². The first-order valence-corrected chi connectivity index (χ1v) is 6.65. The van der Waals surface area contributed by atoms with Crippen LogP contribution in [0.25, 0.3) is 0 Å². The minimum absolute atomic E-state index is 0.0285. The van der Waals surface area contributed by atoms with Crippen molar-refractivity contribution in [2.45, 2.75) is 12.8 Å². The van der Waals surface area contributed by atoms with Crippen LogP contribution in [0.2, 0.25) is 0 Å². The number of carbonyl (C=O) groups excluding carboxylic acids is 1. The second-order valence-electron chi connectivity index (χ2n) is 4.77. The summed E-state index contributed by atoms with van der Waals surface area (Å²) in [6.07, 6.45) is 2.42. The fourth-order valence-corrected chi connectivity index (χ4v) is 1.72. The highest BCUT2D eigenvalue weighted by Gasteiger charge is 2.21. The Morgan fingerprint density at radius 3 is 2.90 bits per heavy atom. The summed E-state index contributed by atoms with van der Waals surface area (Å²) in [4.78, 5) is 15.5. The van der Waals surface area contributed by atoms with E-state index in [-0.39, 0.29) is 18.4 Å². The molecule has 0 bridgehead atoms. The van der Waals surface area contributed by atoms with E-state index >= 15 is 0 Å². The summed E-state index contributed by atoms with van der Waals surface area (Å²) in [6.45, 7) is 0.773. The molecule has 0 spiro atoms. The van der Waals surface area contributed by atoms with E-state index in [1.807, 2.05) is 24.3 Å². The summed E-state index contributed by atoms with van der Waals surface area (Å²) in [7, 11) is 1.58. The number of guanidine groups is 1. The molecule has 1 aliphatic rings. The molecule has 1 aromatic rings. The normalized spacial score (nSPS) is 14.8. The molecule has 4 N–H and O–H groups in total. The average Bonchev–Trinajstić information content (AvgIpc) is 3.27. The summed E-state index contributed by atoms with van der Waals surface area (Å²) in [5, 5.41) is 5.75. The minimum atomic E-state index is -0.110. The van der Waals surface area contributed by atoms with Crippen LogP contribution in [0.1, 0.15) is 12.8 Å². The molecule has 0 unspecified atom stereocenters. The molecule has 0 aliphatic heterocycles. The van der Waals surface area contributed by atoms with E-state index in [1.165, 1.54) is 12.8 Å². The third-order valence-corrected chi connectivity index (χ3v) is 3.05. The third-order valence-electron chi connectivity index (χ3n) is 3.05. The average molecular weight is 276 g/mol. The fraction of sp³-hybridized carbons (Fsp3) is 0.429. The van der Waals surface area contributed by atoms with Crippen LogP contribution in [-0.4, -0.2) is 32.1 Å². The van der Waals surface area contributed by atoms with Gasteiger partial charge in [-0.05, 0) is 30.9 Å². The third kappa shape index (κ3) is 4.46. The zero-order valence-corrected chi connectivity index (χ0v) is 11.6. The molecule has 1 fully saturated rings. The van der Waals surface area contributed by atoms with Gasteiger partial charge in [-0.15, -0.1) is 0 Å². The molecule has 0 radical (unpaired) electrons. The second kappa shape index (κ2) is 6.79. The molecule has 1 aromatic carbocycles. The maximum atomic E-state index is 11.5. The van der Waals surface area contributed by atoms with Gasteiger partial charge in [0.2, 0.25) is 5.91 Å². The molecule has 1 amide bonds. The van der Waals surface area contributed by atoms with Gasteiger partial charge in [0.25, 0.3) is 0 Å². The number of aliphatic imine (C=N–C) groups is 1. The highest BCUT2D eigenvalue weighted by Crippen LogP contribution is 2.27. The van der Waals surface area contributed by atoms with Crippen molar-refractivity contribution in [2.75, 3.05) is 25.5 Å². The van der Waals surface area contributed by atoms with E-state index in [0.29, 0.717) is 11.7 Å². The van der Waals surface area contributed by atoms with Crippen molar-refractivity contribution < 1.29 is 9.53 Å². The van der Waals surface area contributed by atoms with Gasteiger partial charge >= 0.3 is 0 Å². The number of nitrogens with zero attached hydrogens (tertiary/aromatic N) is 1. The van der Waals surface area contributed by atoms with Crippen molar-refractivity contribution in [3.8, 4) is 5.75 Å². The van der Waals surface area contributed by atoms with Crippen LogP contribution in [0.15, 0.2) is 29.3 Å². The Kier molecular flexibility index (Phi) is 4.81. The van der Waals surface area contributed by atoms with Crippen LogP contribution < -0.4 is 21.1 Å². The van der Waals surface area contributed by atoms with Crippen molar-refractivity contribution in [1.82, 2.24) is 5.32 Å². The number of nitrogens with two attached hydrogens (primary N) is 1. The summed E-state index contributed by atoms with van der Waals surface area (Å²) in [6, 6.07) is 7.37. The van der Waals surface area contributed by atoms with E-state index < -0.39 is 0 Å². The summed E-state index contributed by atoms with van der Waals surface area (Å²) >= 11 is 0. The Morgan fingerprint density at radius 2 is 2.20 bits per heavy atom. The maximum absolute atomic E-state index is 11.5. The van der Waals surface area contributed by atoms with Gasteiger partial charge in [-0.1, -0.05) is 12.1 Å². The molecule has 1 aliphatic carbocycles. The molecular weight excluding hydrogens is 256 g/mol. The smallest absolute Gasteiger partial charge is 0.241 e. The number of ether oxygens (including phenoxy) is 1. The quantitative estimate of drug-likeness (QED) is 0.533. The Bertz CT molecular complexity index is 498. The Balaban J connectivity index is 1.81. The molecule has 0 saturated heterocycles. The van der Waals surface area contributed by atoms with Crippen molar-refractivity contribution in [2.24, 2.45) is 16.6 Å². The number of amides is 1. The Hall–Kier alpha value is -2.24. The summed E-state index contributed by atoms with van der Waals surface area (Å²) < 4.78 is 5.19. The Labute approximate surface area is 118 Å². The number of nitrogens with one attached hydrogen (secondary N) is 2. The van der Waals surface area contributed by atoms with E-state index in [9.17, 15) is 4.79 Å². The fourth-order valence-electron chi connectivity index (χ4n) is 1.72. The predicted molar refractivity (Wildman–Crippen MR) is 78.8 cm³/mol. The van der Waals surface area contributed by atoms with Gasteiger partial charge < -0.3 is 21.1 Å².